The molecule has 2 aliphatic rings. The number of aromatic nitrogens is 2. The van der Waals surface area contributed by atoms with Gasteiger partial charge in [0, 0.05) is 37.6 Å². The first kappa shape index (κ1) is 16.2. The molecule has 0 spiro atoms. The van der Waals surface area contributed by atoms with Gasteiger partial charge in [0.15, 0.2) is 0 Å². The first-order valence-corrected chi connectivity index (χ1v) is 9.18. The van der Waals surface area contributed by atoms with Crippen LogP contribution in [0.4, 0.5) is 0 Å². The third-order valence-electron chi connectivity index (χ3n) is 5.30. The molecule has 0 aliphatic carbocycles. The summed E-state index contributed by atoms with van der Waals surface area (Å²) < 4.78 is 0. The van der Waals surface area contributed by atoms with Gasteiger partial charge in [0.05, 0.1) is 6.04 Å². The van der Waals surface area contributed by atoms with Gasteiger partial charge in [-0.05, 0) is 43.4 Å². The maximum atomic E-state index is 12.8. The van der Waals surface area contributed by atoms with Crippen molar-refractivity contribution in [3.05, 3.63) is 48.5 Å². The Balaban J connectivity index is 1.43. The number of rotatable bonds is 4. The molecule has 1 aromatic carbocycles. The van der Waals surface area contributed by atoms with Gasteiger partial charge >= 0.3 is 0 Å². The van der Waals surface area contributed by atoms with E-state index in [1.807, 2.05) is 12.4 Å². The second kappa shape index (κ2) is 7.31. The number of carbonyl (C=O) groups excluding carboxylic acids is 1. The highest BCUT2D eigenvalue weighted by Crippen LogP contribution is 2.24. The summed E-state index contributed by atoms with van der Waals surface area (Å²) in [6, 6.07) is 8.60. The molecule has 1 atom stereocenters. The highest BCUT2D eigenvalue weighted by atomic mass is 16.2. The molecule has 5 heteroatoms. The van der Waals surface area contributed by atoms with Crippen LogP contribution in [0.25, 0.3) is 11.1 Å². The normalized spacial score (nSPS) is 21.0. The van der Waals surface area contributed by atoms with Gasteiger partial charge in [-0.25, -0.2) is 9.97 Å². The van der Waals surface area contributed by atoms with Crippen molar-refractivity contribution in [2.75, 3.05) is 19.6 Å². The molecule has 2 saturated heterocycles. The van der Waals surface area contributed by atoms with Crippen molar-refractivity contribution < 1.29 is 4.79 Å². The van der Waals surface area contributed by atoms with Crippen LogP contribution in [0.15, 0.2) is 43.0 Å². The molecule has 1 amide bonds. The van der Waals surface area contributed by atoms with Gasteiger partial charge in [0.1, 0.15) is 6.33 Å². The molecule has 1 unspecified atom stereocenters. The Bertz CT molecular complexity index is 710. The molecule has 0 bridgehead atoms. The fourth-order valence-corrected chi connectivity index (χ4v) is 3.93. The fraction of sp³-hybridized carbons (Fsp3) is 0.450. The van der Waals surface area contributed by atoms with Crippen molar-refractivity contribution in [2.24, 2.45) is 0 Å². The zero-order valence-corrected chi connectivity index (χ0v) is 14.5. The first-order valence-electron chi connectivity index (χ1n) is 9.18. The zero-order chi connectivity index (χ0) is 17.1. The van der Waals surface area contributed by atoms with E-state index in [0.717, 1.165) is 63.0 Å². The lowest BCUT2D eigenvalue weighted by Crippen LogP contribution is -2.44. The molecule has 1 aromatic heterocycles. The van der Waals surface area contributed by atoms with E-state index in [-0.39, 0.29) is 6.04 Å². The van der Waals surface area contributed by atoms with Crippen molar-refractivity contribution in [3.63, 3.8) is 0 Å². The lowest BCUT2D eigenvalue weighted by Gasteiger charge is -2.27. The van der Waals surface area contributed by atoms with Gasteiger partial charge in [0.25, 0.3) is 0 Å². The van der Waals surface area contributed by atoms with Gasteiger partial charge < -0.3 is 4.90 Å². The van der Waals surface area contributed by atoms with E-state index in [4.69, 9.17) is 0 Å². The lowest BCUT2D eigenvalue weighted by atomic mass is 10.1. The van der Waals surface area contributed by atoms with Crippen LogP contribution in [0.3, 0.4) is 0 Å². The summed E-state index contributed by atoms with van der Waals surface area (Å²) in [5, 5.41) is 0. The molecule has 130 valence electrons. The Morgan fingerprint density at radius 2 is 1.68 bits per heavy atom. The standard InChI is InChI=1S/C20H24N4O/c25-20(23-9-1-2-10-23)19-4-3-11-24(19)14-16-5-7-17(8-6-16)18-12-21-15-22-13-18/h5-8,12-13,15,19H,1-4,9-11,14H2. The minimum atomic E-state index is 0.0697. The van der Waals surface area contributed by atoms with Crippen LogP contribution in [0.2, 0.25) is 0 Å². The van der Waals surface area contributed by atoms with Gasteiger partial charge in [-0.2, -0.15) is 0 Å². The maximum Gasteiger partial charge on any atom is 0.239 e. The average Bonchev–Trinajstić information content (AvgIpc) is 3.35. The molecule has 2 aromatic rings. The van der Waals surface area contributed by atoms with Crippen LogP contribution in [0.1, 0.15) is 31.2 Å². The van der Waals surface area contributed by atoms with E-state index in [0.29, 0.717) is 5.91 Å². The molecule has 0 saturated carbocycles. The largest absolute Gasteiger partial charge is 0.341 e. The first-order chi connectivity index (χ1) is 12.3. The van der Waals surface area contributed by atoms with E-state index < -0.39 is 0 Å². The molecule has 3 heterocycles. The fourth-order valence-electron chi connectivity index (χ4n) is 3.93. The van der Waals surface area contributed by atoms with Gasteiger partial charge in [-0.1, -0.05) is 24.3 Å². The highest BCUT2D eigenvalue weighted by Gasteiger charge is 2.34. The lowest BCUT2D eigenvalue weighted by molar-refractivity contribution is -0.135. The SMILES string of the molecule is O=C(C1CCCN1Cc1ccc(-c2cncnc2)cc1)N1CCCC1. The molecule has 0 radical (unpaired) electrons. The maximum absolute atomic E-state index is 12.8. The van der Waals surface area contributed by atoms with Crippen molar-refractivity contribution in [1.82, 2.24) is 19.8 Å². The van der Waals surface area contributed by atoms with Crippen LogP contribution in [-0.2, 0) is 11.3 Å². The third kappa shape index (κ3) is 3.56. The summed E-state index contributed by atoms with van der Waals surface area (Å²) in [6.45, 7) is 3.74. The predicted octanol–water partition coefficient (Wildman–Crippen LogP) is 2.73. The average molecular weight is 336 g/mol. The van der Waals surface area contributed by atoms with Crippen LogP contribution >= 0.6 is 0 Å². The highest BCUT2D eigenvalue weighted by molar-refractivity contribution is 5.82. The van der Waals surface area contributed by atoms with Gasteiger partial charge in [-0.15, -0.1) is 0 Å². The number of hydrogen-bond donors (Lipinski definition) is 0. The summed E-state index contributed by atoms with van der Waals surface area (Å²) in [5.74, 6) is 0.341. The monoisotopic (exact) mass is 336 g/mol. The zero-order valence-electron chi connectivity index (χ0n) is 14.5. The minimum Gasteiger partial charge on any atom is -0.341 e. The molecule has 25 heavy (non-hydrogen) atoms. The Morgan fingerprint density at radius 1 is 0.960 bits per heavy atom. The van der Waals surface area contributed by atoms with Crippen LogP contribution < -0.4 is 0 Å². The number of nitrogens with zero attached hydrogens (tertiary/aromatic N) is 4. The number of benzene rings is 1. The van der Waals surface area contributed by atoms with Crippen molar-refractivity contribution in [1.29, 1.82) is 0 Å². The number of hydrogen-bond acceptors (Lipinski definition) is 4. The Hall–Kier alpha value is -2.27. The minimum absolute atomic E-state index is 0.0697. The number of carbonyl (C=O) groups is 1. The van der Waals surface area contributed by atoms with Crippen LogP contribution in [-0.4, -0.2) is 51.4 Å². The van der Waals surface area contributed by atoms with Gasteiger partial charge in [0.2, 0.25) is 5.91 Å². The van der Waals surface area contributed by atoms with E-state index >= 15 is 0 Å². The summed E-state index contributed by atoms with van der Waals surface area (Å²) in [6.07, 6.45) is 9.62. The van der Waals surface area contributed by atoms with E-state index in [1.54, 1.807) is 6.33 Å². The molecule has 2 fully saturated rings. The summed E-state index contributed by atoms with van der Waals surface area (Å²) >= 11 is 0. The molecular weight excluding hydrogens is 312 g/mol. The number of likely N-dealkylation sites (tertiary alicyclic amines) is 2. The van der Waals surface area contributed by atoms with Crippen molar-refractivity contribution >= 4 is 5.91 Å². The molecule has 4 rings (SSSR count). The summed E-state index contributed by atoms with van der Waals surface area (Å²) in [4.78, 5) is 25.3. The van der Waals surface area contributed by atoms with Crippen molar-refractivity contribution in [2.45, 2.75) is 38.3 Å². The van der Waals surface area contributed by atoms with Crippen LogP contribution in [0, 0.1) is 0 Å². The topological polar surface area (TPSA) is 49.3 Å². The van der Waals surface area contributed by atoms with Crippen molar-refractivity contribution in [3.8, 4) is 11.1 Å². The molecule has 0 N–H and O–H groups in total. The Labute approximate surface area is 148 Å². The smallest absolute Gasteiger partial charge is 0.239 e. The Kier molecular flexibility index (Phi) is 4.74. The third-order valence-corrected chi connectivity index (χ3v) is 5.30. The molecule has 5 nitrogen and oxygen atoms in total. The quantitative estimate of drug-likeness (QED) is 0.861. The van der Waals surface area contributed by atoms with E-state index in [1.165, 1.54) is 5.56 Å². The molecule has 2 aliphatic heterocycles. The number of amides is 1. The summed E-state index contributed by atoms with van der Waals surface area (Å²) in [5.41, 5.74) is 3.40. The van der Waals surface area contributed by atoms with Gasteiger partial charge in [-0.3, -0.25) is 9.69 Å². The Morgan fingerprint density at radius 3 is 2.40 bits per heavy atom. The second-order valence-electron chi connectivity index (χ2n) is 6.98. The van der Waals surface area contributed by atoms with E-state index in [2.05, 4.69) is 44.0 Å². The summed E-state index contributed by atoms with van der Waals surface area (Å²) in [7, 11) is 0. The molecular formula is C20H24N4O. The second-order valence-corrected chi connectivity index (χ2v) is 6.98. The predicted molar refractivity (Wildman–Crippen MR) is 96.7 cm³/mol. The van der Waals surface area contributed by atoms with Crippen LogP contribution in [0.5, 0.6) is 0 Å². The van der Waals surface area contributed by atoms with E-state index in [9.17, 15) is 4.79 Å².